The molecule has 0 bridgehead atoms. The molecule has 2 aliphatic heterocycles. The van der Waals surface area contributed by atoms with Gasteiger partial charge in [0.15, 0.2) is 17.6 Å². The van der Waals surface area contributed by atoms with Gasteiger partial charge in [-0.1, -0.05) is 13.0 Å². The second kappa shape index (κ2) is 7.12. The fourth-order valence-corrected chi connectivity index (χ4v) is 5.32. The highest BCUT2D eigenvalue weighted by atomic mass is 19.1. The van der Waals surface area contributed by atoms with Crippen LogP contribution in [0.3, 0.4) is 0 Å². The van der Waals surface area contributed by atoms with E-state index in [1.807, 2.05) is 12.1 Å². The molecule has 3 aromatic carbocycles. The van der Waals surface area contributed by atoms with Gasteiger partial charge in [-0.05, 0) is 67.6 Å². The number of hydrogen-bond acceptors (Lipinski definition) is 4. The molecule has 2 N–H and O–H groups in total. The first kappa shape index (κ1) is 20.6. The van der Waals surface area contributed by atoms with E-state index in [9.17, 15) is 13.9 Å². The summed E-state index contributed by atoms with van der Waals surface area (Å²) < 4.78 is 40.2. The van der Waals surface area contributed by atoms with Gasteiger partial charge in [0.25, 0.3) is 0 Å². The van der Waals surface area contributed by atoms with Crippen LogP contribution in [0.2, 0.25) is 0 Å². The van der Waals surface area contributed by atoms with E-state index in [4.69, 9.17) is 9.47 Å². The molecule has 2 aliphatic rings. The summed E-state index contributed by atoms with van der Waals surface area (Å²) in [5.41, 5.74) is 4.61. The van der Waals surface area contributed by atoms with E-state index in [0.717, 1.165) is 34.9 Å². The molecule has 0 amide bonds. The third-order valence-electron chi connectivity index (χ3n) is 6.34. The van der Waals surface area contributed by atoms with Crippen LogP contribution in [0, 0.1) is 11.6 Å². The van der Waals surface area contributed by atoms with Gasteiger partial charge in [-0.2, -0.15) is 0 Å². The summed E-state index contributed by atoms with van der Waals surface area (Å²) in [7, 11) is 1.49. The zero-order valence-electron chi connectivity index (χ0n) is 18.4. The van der Waals surface area contributed by atoms with Crippen molar-refractivity contribution in [2.24, 2.45) is 0 Å². The Balaban J connectivity index is 1.83. The van der Waals surface area contributed by atoms with E-state index in [0.29, 0.717) is 22.6 Å². The van der Waals surface area contributed by atoms with Crippen molar-refractivity contribution in [3.05, 3.63) is 70.8 Å². The molecular formula is C26H25F2NO3. The van der Waals surface area contributed by atoms with Crippen molar-refractivity contribution in [3.8, 4) is 28.4 Å². The Labute approximate surface area is 185 Å². The largest absolute Gasteiger partial charge is 0.504 e. The van der Waals surface area contributed by atoms with Crippen LogP contribution in [-0.2, 0) is 0 Å². The molecule has 0 aliphatic carbocycles. The molecule has 0 saturated carbocycles. The molecule has 2 atom stereocenters. The van der Waals surface area contributed by atoms with Crippen LogP contribution in [0.5, 0.6) is 17.2 Å². The number of nitrogens with one attached hydrogen (secondary N) is 1. The molecule has 0 spiro atoms. The van der Waals surface area contributed by atoms with Crippen molar-refractivity contribution < 1.29 is 23.4 Å². The number of fused-ring (bicyclic) bond motifs is 5. The standard InChI is InChI=1S/C26H25F2NO3/c1-13-12-26(2,3)29-18-6-5-17-22-20(8-7-19(30)25(22)31-4)32-24(23(17)21(13)18)14-9-15(27)11-16(28)10-14/h5-11,13,24,29-30H,12H2,1-4H3. The van der Waals surface area contributed by atoms with Crippen molar-refractivity contribution in [2.75, 3.05) is 12.4 Å². The predicted octanol–water partition coefficient (Wildman–Crippen LogP) is 6.53. The van der Waals surface area contributed by atoms with Crippen molar-refractivity contribution in [3.63, 3.8) is 0 Å². The molecular weight excluding hydrogens is 412 g/mol. The van der Waals surface area contributed by atoms with Gasteiger partial charge in [-0.3, -0.25) is 0 Å². The third kappa shape index (κ3) is 3.17. The lowest BCUT2D eigenvalue weighted by Gasteiger charge is -2.41. The summed E-state index contributed by atoms with van der Waals surface area (Å²) >= 11 is 0. The molecule has 166 valence electrons. The Morgan fingerprint density at radius 1 is 1.06 bits per heavy atom. The number of benzene rings is 3. The number of halogens is 2. The molecule has 2 unspecified atom stereocenters. The van der Waals surface area contributed by atoms with Gasteiger partial charge in [0.1, 0.15) is 17.4 Å². The second-order valence-electron chi connectivity index (χ2n) is 9.29. The average molecular weight is 437 g/mol. The van der Waals surface area contributed by atoms with Gasteiger partial charge in [-0.15, -0.1) is 0 Å². The Kier molecular flexibility index (Phi) is 4.59. The van der Waals surface area contributed by atoms with E-state index in [2.05, 4.69) is 26.1 Å². The highest BCUT2D eigenvalue weighted by Gasteiger charge is 2.39. The van der Waals surface area contributed by atoms with E-state index < -0.39 is 17.7 Å². The number of phenols is 1. The van der Waals surface area contributed by atoms with E-state index in [1.54, 1.807) is 6.07 Å². The highest BCUT2D eigenvalue weighted by Crippen LogP contribution is 2.55. The van der Waals surface area contributed by atoms with Crippen LogP contribution in [0.15, 0.2) is 42.5 Å². The maximum Gasteiger partial charge on any atom is 0.172 e. The number of ether oxygens (including phenoxy) is 2. The van der Waals surface area contributed by atoms with Gasteiger partial charge >= 0.3 is 0 Å². The molecule has 6 heteroatoms. The first-order valence-electron chi connectivity index (χ1n) is 10.7. The zero-order valence-corrected chi connectivity index (χ0v) is 18.4. The summed E-state index contributed by atoms with van der Waals surface area (Å²) in [5.74, 6) is -0.345. The number of aromatic hydroxyl groups is 1. The minimum atomic E-state index is -0.711. The molecule has 0 saturated heterocycles. The minimum Gasteiger partial charge on any atom is -0.504 e. The van der Waals surface area contributed by atoms with E-state index >= 15 is 0 Å². The summed E-state index contributed by atoms with van der Waals surface area (Å²) in [4.78, 5) is 0. The monoisotopic (exact) mass is 437 g/mol. The SMILES string of the molecule is COc1c(O)ccc2c1-c1ccc3c(c1C(c1cc(F)cc(F)c1)O2)C(C)CC(C)(C)N3. The van der Waals surface area contributed by atoms with Gasteiger partial charge in [0, 0.05) is 28.4 Å². The maximum atomic E-state index is 14.2. The predicted molar refractivity (Wildman–Crippen MR) is 120 cm³/mol. The van der Waals surface area contributed by atoms with Gasteiger partial charge in [0.05, 0.1) is 12.7 Å². The molecule has 0 fully saturated rings. The Bertz CT molecular complexity index is 1220. The van der Waals surface area contributed by atoms with Crippen molar-refractivity contribution >= 4 is 5.69 Å². The van der Waals surface area contributed by atoms with Crippen LogP contribution >= 0.6 is 0 Å². The number of anilines is 1. The molecule has 4 nitrogen and oxygen atoms in total. The minimum absolute atomic E-state index is 0.000998. The smallest absolute Gasteiger partial charge is 0.172 e. The quantitative estimate of drug-likeness (QED) is 0.479. The summed E-state index contributed by atoms with van der Waals surface area (Å²) in [6.45, 7) is 6.45. The van der Waals surface area contributed by atoms with Gasteiger partial charge < -0.3 is 19.9 Å². The normalized spacial score (nSPS) is 20.3. The van der Waals surface area contributed by atoms with Crippen LogP contribution in [0.25, 0.3) is 11.1 Å². The van der Waals surface area contributed by atoms with Gasteiger partial charge in [-0.25, -0.2) is 8.78 Å². The molecule has 32 heavy (non-hydrogen) atoms. The lowest BCUT2D eigenvalue weighted by molar-refractivity contribution is 0.237. The van der Waals surface area contributed by atoms with E-state index in [1.165, 1.54) is 25.3 Å². The Hall–Kier alpha value is -3.28. The lowest BCUT2D eigenvalue weighted by Crippen LogP contribution is -2.37. The number of phenolic OH excluding ortho intramolecular Hbond substituents is 1. The van der Waals surface area contributed by atoms with Crippen molar-refractivity contribution in [1.29, 1.82) is 0 Å². The zero-order chi connectivity index (χ0) is 22.8. The Morgan fingerprint density at radius 3 is 2.47 bits per heavy atom. The number of hydrogen-bond donors (Lipinski definition) is 2. The average Bonchev–Trinajstić information content (AvgIpc) is 2.71. The fraction of sp³-hybridized carbons (Fsp3) is 0.308. The van der Waals surface area contributed by atoms with Crippen molar-refractivity contribution in [2.45, 2.75) is 44.8 Å². The summed E-state index contributed by atoms with van der Waals surface area (Å²) in [6.07, 6.45) is 0.169. The van der Waals surface area contributed by atoms with Crippen LogP contribution in [-0.4, -0.2) is 17.8 Å². The maximum absolute atomic E-state index is 14.2. The fourth-order valence-electron chi connectivity index (χ4n) is 5.32. The van der Waals surface area contributed by atoms with E-state index in [-0.39, 0.29) is 17.2 Å². The first-order chi connectivity index (χ1) is 15.2. The number of rotatable bonds is 2. The molecule has 2 heterocycles. The summed E-state index contributed by atoms with van der Waals surface area (Å²) in [6, 6.07) is 10.6. The van der Waals surface area contributed by atoms with Gasteiger partial charge in [0.2, 0.25) is 0 Å². The molecule has 0 aromatic heterocycles. The van der Waals surface area contributed by atoms with Crippen LogP contribution in [0.4, 0.5) is 14.5 Å². The second-order valence-corrected chi connectivity index (χ2v) is 9.29. The molecule has 0 radical (unpaired) electrons. The topological polar surface area (TPSA) is 50.7 Å². The molecule has 5 rings (SSSR count). The highest BCUT2D eigenvalue weighted by molar-refractivity contribution is 5.87. The van der Waals surface area contributed by atoms with Crippen molar-refractivity contribution in [1.82, 2.24) is 0 Å². The molecule has 3 aromatic rings. The van der Waals surface area contributed by atoms with Crippen LogP contribution < -0.4 is 14.8 Å². The first-order valence-corrected chi connectivity index (χ1v) is 10.7. The van der Waals surface area contributed by atoms with Crippen LogP contribution in [0.1, 0.15) is 55.9 Å². The third-order valence-corrected chi connectivity index (χ3v) is 6.34. The number of methoxy groups -OCH3 is 1. The Morgan fingerprint density at radius 2 is 1.78 bits per heavy atom. The summed E-state index contributed by atoms with van der Waals surface area (Å²) in [5, 5.41) is 14.0. The lowest BCUT2D eigenvalue weighted by atomic mass is 9.75.